The summed E-state index contributed by atoms with van der Waals surface area (Å²) in [6, 6.07) is 6.61. The van der Waals surface area contributed by atoms with Crippen LogP contribution in [0, 0.1) is 0 Å². The van der Waals surface area contributed by atoms with Gasteiger partial charge in [-0.15, -0.1) is 0 Å². The van der Waals surface area contributed by atoms with Gasteiger partial charge in [-0.25, -0.2) is 0 Å². The van der Waals surface area contributed by atoms with E-state index in [2.05, 4.69) is 23.4 Å². The van der Waals surface area contributed by atoms with E-state index in [1.54, 1.807) is 12.7 Å². The lowest BCUT2D eigenvalue weighted by atomic mass is 10.00. The van der Waals surface area contributed by atoms with Gasteiger partial charge in [0.1, 0.15) is 7.11 Å². The van der Waals surface area contributed by atoms with Gasteiger partial charge in [0.15, 0.2) is 0 Å². The number of hydrogen-bond acceptors (Lipinski definition) is 2. The Morgan fingerprint density at radius 3 is 2.87 bits per heavy atom. The summed E-state index contributed by atoms with van der Waals surface area (Å²) in [6.07, 6.45) is 4.91. The minimum absolute atomic E-state index is 0.835. The van der Waals surface area contributed by atoms with Crippen LogP contribution in [0.3, 0.4) is 0 Å². The average Bonchev–Trinajstić information content (AvgIpc) is 3.02. The quantitative estimate of drug-likeness (QED) is 0.674. The van der Waals surface area contributed by atoms with Gasteiger partial charge in [-0.05, 0) is 42.7 Å². The lowest BCUT2D eigenvalue weighted by Crippen LogP contribution is -1.96. The molecule has 1 aromatic rings. The molecule has 0 heterocycles. The fourth-order valence-electron chi connectivity index (χ4n) is 2.51. The Hall–Kier alpha value is -1.31. The fraction of sp³-hybridized carbons (Fsp3) is 0.462. The zero-order valence-electron chi connectivity index (χ0n) is 8.99. The molecule has 0 atom stereocenters. The summed E-state index contributed by atoms with van der Waals surface area (Å²) in [6.45, 7) is 0. The Bertz CT molecular complexity index is 419. The molecule has 1 fully saturated rings. The minimum atomic E-state index is 0.835. The van der Waals surface area contributed by atoms with E-state index in [1.165, 1.54) is 24.0 Å². The topological polar surface area (TPSA) is 21.6 Å². The number of benzene rings is 1. The van der Waals surface area contributed by atoms with Gasteiger partial charge < -0.3 is 4.84 Å². The summed E-state index contributed by atoms with van der Waals surface area (Å²) in [4.78, 5) is 4.89. The number of oxime groups is 1. The second kappa shape index (κ2) is 3.37. The Labute approximate surface area is 89.9 Å². The Morgan fingerprint density at radius 2 is 2.13 bits per heavy atom. The number of nitrogens with zero attached hydrogens (tertiary/aromatic N) is 1. The van der Waals surface area contributed by atoms with Crippen LogP contribution >= 0.6 is 0 Å². The van der Waals surface area contributed by atoms with Crippen molar-refractivity contribution in [2.75, 3.05) is 7.11 Å². The summed E-state index contributed by atoms with van der Waals surface area (Å²) >= 11 is 0. The van der Waals surface area contributed by atoms with Gasteiger partial charge in [-0.3, -0.25) is 0 Å². The van der Waals surface area contributed by atoms with Gasteiger partial charge in [0, 0.05) is 5.56 Å². The average molecular weight is 201 g/mol. The summed E-state index contributed by atoms with van der Waals surface area (Å²) in [5.41, 5.74) is 5.53. The molecule has 15 heavy (non-hydrogen) atoms. The molecule has 78 valence electrons. The molecule has 0 amide bonds. The van der Waals surface area contributed by atoms with E-state index < -0.39 is 0 Å². The van der Waals surface area contributed by atoms with Gasteiger partial charge in [-0.2, -0.15) is 0 Å². The summed E-state index contributed by atoms with van der Waals surface area (Å²) < 4.78 is 0. The fourth-order valence-corrected chi connectivity index (χ4v) is 2.51. The number of rotatable bonds is 2. The number of fused-ring (bicyclic) bond motifs is 1. The van der Waals surface area contributed by atoms with Crippen molar-refractivity contribution in [2.45, 2.75) is 31.6 Å². The molecule has 2 heteroatoms. The highest BCUT2D eigenvalue weighted by molar-refractivity contribution is 6.04. The van der Waals surface area contributed by atoms with Crippen molar-refractivity contribution < 1.29 is 4.84 Å². The highest BCUT2D eigenvalue weighted by atomic mass is 16.6. The van der Waals surface area contributed by atoms with Crippen LogP contribution in [-0.4, -0.2) is 12.8 Å². The van der Waals surface area contributed by atoms with E-state index in [0.29, 0.717) is 0 Å². The molecule has 0 aliphatic heterocycles. The molecule has 2 nitrogen and oxygen atoms in total. The first-order valence-corrected chi connectivity index (χ1v) is 5.62. The van der Waals surface area contributed by atoms with Crippen LogP contribution in [0.1, 0.15) is 41.9 Å². The Balaban J connectivity index is 2.06. The van der Waals surface area contributed by atoms with Crippen molar-refractivity contribution in [1.82, 2.24) is 0 Å². The van der Waals surface area contributed by atoms with E-state index in [0.717, 1.165) is 24.5 Å². The maximum absolute atomic E-state index is 4.89. The zero-order valence-corrected chi connectivity index (χ0v) is 8.99. The molecule has 0 N–H and O–H groups in total. The highest BCUT2D eigenvalue weighted by Crippen LogP contribution is 2.44. The van der Waals surface area contributed by atoms with Crippen molar-refractivity contribution in [2.24, 2.45) is 5.16 Å². The van der Waals surface area contributed by atoms with Crippen molar-refractivity contribution in [3.8, 4) is 0 Å². The molecule has 0 spiro atoms. The van der Waals surface area contributed by atoms with Crippen molar-refractivity contribution in [3.05, 3.63) is 34.9 Å². The van der Waals surface area contributed by atoms with Crippen molar-refractivity contribution >= 4 is 5.71 Å². The normalized spacial score (nSPS) is 21.8. The Morgan fingerprint density at radius 1 is 1.27 bits per heavy atom. The third kappa shape index (κ3) is 1.44. The van der Waals surface area contributed by atoms with E-state index in [-0.39, 0.29) is 0 Å². The molecule has 0 saturated heterocycles. The monoisotopic (exact) mass is 201 g/mol. The largest absolute Gasteiger partial charge is 0.399 e. The molecule has 1 saturated carbocycles. The predicted octanol–water partition coefficient (Wildman–Crippen LogP) is 2.86. The smallest absolute Gasteiger partial charge is 0.106 e. The summed E-state index contributed by atoms with van der Waals surface area (Å²) in [7, 11) is 1.62. The Kier molecular flexibility index (Phi) is 2.01. The van der Waals surface area contributed by atoms with Crippen LogP contribution < -0.4 is 0 Å². The van der Waals surface area contributed by atoms with Crippen LogP contribution in [0.2, 0.25) is 0 Å². The summed E-state index contributed by atoms with van der Waals surface area (Å²) in [5, 5.41) is 4.10. The third-order valence-electron chi connectivity index (χ3n) is 3.35. The molecular weight excluding hydrogens is 186 g/mol. The molecular formula is C13H15NO. The van der Waals surface area contributed by atoms with Crippen molar-refractivity contribution in [3.63, 3.8) is 0 Å². The molecule has 3 rings (SSSR count). The van der Waals surface area contributed by atoms with Gasteiger partial charge in [-0.1, -0.05) is 23.4 Å². The molecule has 1 aromatic carbocycles. The zero-order chi connectivity index (χ0) is 10.3. The maximum Gasteiger partial charge on any atom is 0.106 e. The third-order valence-corrected chi connectivity index (χ3v) is 3.35. The summed E-state index contributed by atoms with van der Waals surface area (Å²) in [5.74, 6) is 0.835. The van der Waals surface area contributed by atoms with E-state index >= 15 is 0 Å². The van der Waals surface area contributed by atoms with Crippen LogP contribution in [-0.2, 0) is 11.3 Å². The molecule has 2 aliphatic rings. The second-order valence-electron chi connectivity index (χ2n) is 4.37. The van der Waals surface area contributed by atoms with Crippen LogP contribution in [0.4, 0.5) is 0 Å². The molecule has 2 aliphatic carbocycles. The van der Waals surface area contributed by atoms with Crippen LogP contribution in [0.15, 0.2) is 23.4 Å². The van der Waals surface area contributed by atoms with Gasteiger partial charge >= 0.3 is 0 Å². The van der Waals surface area contributed by atoms with Gasteiger partial charge in [0.25, 0.3) is 0 Å². The molecule has 0 unspecified atom stereocenters. The number of hydrogen-bond donors (Lipinski definition) is 0. The predicted molar refractivity (Wildman–Crippen MR) is 60.3 cm³/mol. The first kappa shape index (κ1) is 8.96. The van der Waals surface area contributed by atoms with Crippen LogP contribution in [0.5, 0.6) is 0 Å². The van der Waals surface area contributed by atoms with Gasteiger partial charge in [0.2, 0.25) is 0 Å². The first-order valence-electron chi connectivity index (χ1n) is 5.62. The van der Waals surface area contributed by atoms with Gasteiger partial charge in [0.05, 0.1) is 5.71 Å². The molecule has 0 radical (unpaired) electrons. The molecule has 0 bridgehead atoms. The standard InChI is InChI=1S/C13H15NO/c1-15-14-13-8-7-11-10(9-5-6-9)3-2-4-12(11)13/h2-4,9H,5-8H2,1H3. The van der Waals surface area contributed by atoms with E-state index in [4.69, 9.17) is 4.84 Å². The van der Waals surface area contributed by atoms with E-state index in [9.17, 15) is 0 Å². The van der Waals surface area contributed by atoms with Crippen molar-refractivity contribution in [1.29, 1.82) is 0 Å². The second-order valence-corrected chi connectivity index (χ2v) is 4.37. The lowest BCUT2D eigenvalue weighted by molar-refractivity contribution is 0.213. The SMILES string of the molecule is CON=C1CCc2c1cccc2C1CC1. The highest BCUT2D eigenvalue weighted by Gasteiger charge is 2.29. The maximum atomic E-state index is 4.89. The van der Waals surface area contributed by atoms with E-state index in [1.807, 2.05) is 0 Å². The first-order chi connectivity index (χ1) is 7.40. The minimum Gasteiger partial charge on any atom is -0.399 e. The lowest BCUT2D eigenvalue weighted by Gasteiger charge is -2.06. The van der Waals surface area contributed by atoms with Crippen LogP contribution in [0.25, 0.3) is 0 Å². The molecule has 0 aromatic heterocycles.